The van der Waals surface area contributed by atoms with Crippen molar-refractivity contribution in [3.63, 3.8) is 0 Å². The lowest BCUT2D eigenvalue weighted by molar-refractivity contribution is -0.384. The van der Waals surface area contributed by atoms with Gasteiger partial charge in [0.2, 0.25) is 0 Å². The van der Waals surface area contributed by atoms with Gasteiger partial charge in [-0.25, -0.2) is 0 Å². The summed E-state index contributed by atoms with van der Waals surface area (Å²) in [6.45, 7) is 2.61. The first-order valence-corrected chi connectivity index (χ1v) is 9.80. The molecule has 10 heteroatoms. The van der Waals surface area contributed by atoms with Gasteiger partial charge in [-0.3, -0.25) is 19.7 Å². The number of fused-ring (bicyclic) bond motifs is 2. The van der Waals surface area contributed by atoms with Crippen molar-refractivity contribution in [2.45, 2.75) is 47.7 Å². The summed E-state index contributed by atoms with van der Waals surface area (Å²) in [5.41, 5.74) is 0.0236. The van der Waals surface area contributed by atoms with Crippen molar-refractivity contribution < 1.29 is 28.7 Å². The highest BCUT2D eigenvalue weighted by molar-refractivity contribution is 8.17. The van der Waals surface area contributed by atoms with Crippen molar-refractivity contribution in [3.05, 3.63) is 34.4 Å². The molecular formula is C16H17NO7S2. The molecule has 1 aromatic carbocycles. The van der Waals surface area contributed by atoms with E-state index in [0.29, 0.717) is 5.75 Å². The van der Waals surface area contributed by atoms with E-state index < -0.39 is 35.2 Å². The molecule has 2 aliphatic rings. The summed E-state index contributed by atoms with van der Waals surface area (Å²) >= 11 is 3.11. The largest absolute Gasteiger partial charge is 0.456 e. The van der Waals surface area contributed by atoms with Crippen LogP contribution < -0.4 is 0 Å². The van der Waals surface area contributed by atoms with E-state index in [1.165, 1.54) is 37.7 Å². The number of carbonyl (C=O) groups excluding carboxylic acids is 2. The Kier molecular flexibility index (Phi) is 5.73. The third-order valence-electron chi connectivity index (χ3n) is 3.94. The van der Waals surface area contributed by atoms with Crippen LogP contribution in [0, 0.1) is 10.1 Å². The number of benzene rings is 1. The molecule has 0 radical (unpaired) electrons. The van der Waals surface area contributed by atoms with Crippen molar-refractivity contribution in [1.29, 1.82) is 0 Å². The first-order chi connectivity index (χ1) is 12.3. The Morgan fingerprint density at radius 1 is 1.19 bits per heavy atom. The van der Waals surface area contributed by atoms with Gasteiger partial charge >= 0.3 is 11.9 Å². The number of thioether (sulfide) groups is 2. The second-order valence-corrected chi connectivity index (χ2v) is 8.55. The summed E-state index contributed by atoms with van der Waals surface area (Å²) in [4.78, 5) is 34.0. The third kappa shape index (κ3) is 4.13. The summed E-state index contributed by atoms with van der Waals surface area (Å²) in [5.74, 6) is -0.322. The number of hydrogen-bond donors (Lipinski definition) is 0. The van der Waals surface area contributed by atoms with Crippen molar-refractivity contribution in [1.82, 2.24) is 0 Å². The van der Waals surface area contributed by atoms with Crippen molar-refractivity contribution in [3.8, 4) is 0 Å². The molecule has 26 heavy (non-hydrogen) atoms. The fourth-order valence-electron chi connectivity index (χ4n) is 2.93. The number of nitrogens with zero attached hydrogens (tertiary/aromatic N) is 1. The predicted molar refractivity (Wildman–Crippen MR) is 95.0 cm³/mol. The van der Waals surface area contributed by atoms with Gasteiger partial charge in [-0.05, 0) is 12.1 Å². The molecule has 0 spiro atoms. The lowest BCUT2D eigenvalue weighted by atomic mass is 10.1. The quantitative estimate of drug-likeness (QED) is 0.419. The molecule has 2 bridgehead atoms. The van der Waals surface area contributed by atoms with Crippen LogP contribution in [0.5, 0.6) is 0 Å². The van der Waals surface area contributed by atoms with Gasteiger partial charge in [0.25, 0.3) is 5.69 Å². The maximum Gasteiger partial charge on any atom is 0.303 e. The van der Waals surface area contributed by atoms with Crippen LogP contribution in [0.2, 0.25) is 0 Å². The molecule has 0 unspecified atom stereocenters. The Labute approximate surface area is 158 Å². The normalized spacial score (nSPS) is 29.8. The Morgan fingerprint density at radius 3 is 2.38 bits per heavy atom. The van der Waals surface area contributed by atoms with Gasteiger partial charge < -0.3 is 14.2 Å². The van der Waals surface area contributed by atoms with Gasteiger partial charge in [0.1, 0.15) is 12.2 Å². The van der Waals surface area contributed by atoms with Gasteiger partial charge in [0.15, 0.2) is 12.2 Å². The lowest BCUT2D eigenvalue weighted by Crippen LogP contribution is -2.40. The fraction of sp³-hybridized carbons (Fsp3) is 0.500. The predicted octanol–water partition coefficient (Wildman–Crippen LogP) is 2.39. The van der Waals surface area contributed by atoms with Crippen LogP contribution in [0.3, 0.4) is 0 Å². The smallest absolute Gasteiger partial charge is 0.303 e. The monoisotopic (exact) mass is 399 g/mol. The minimum Gasteiger partial charge on any atom is -0.456 e. The lowest BCUT2D eigenvalue weighted by Gasteiger charge is -2.29. The van der Waals surface area contributed by atoms with Crippen molar-refractivity contribution in [2.75, 3.05) is 5.75 Å². The Balaban J connectivity index is 1.76. The zero-order chi connectivity index (χ0) is 18.8. The standard InChI is InChI=1S/C16H17NO7S2/c1-8(18)22-13-12-7-25-16(15(24-12)14(13)23-9(2)19)26-11-5-3-10(4-6-11)17(20)21/h3-6,12-16H,7H2,1-2H3/t12-,13+,14-,15-,16-/m0/s1. The molecule has 0 aliphatic carbocycles. The van der Waals surface area contributed by atoms with Gasteiger partial charge in [0.05, 0.1) is 9.51 Å². The second kappa shape index (κ2) is 7.85. The topological polar surface area (TPSA) is 105 Å². The molecular weight excluding hydrogens is 382 g/mol. The minimum atomic E-state index is -0.674. The van der Waals surface area contributed by atoms with Crippen molar-refractivity contribution >= 4 is 41.1 Å². The highest BCUT2D eigenvalue weighted by atomic mass is 32.2. The molecule has 140 valence electrons. The molecule has 3 rings (SSSR count). The maximum atomic E-state index is 11.5. The minimum absolute atomic E-state index is 0.0236. The number of nitro groups is 1. The summed E-state index contributed by atoms with van der Waals surface area (Å²) in [5, 5.41) is 10.8. The Morgan fingerprint density at radius 2 is 1.81 bits per heavy atom. The zero-order valence-electron chi connectivity index (χ0n) is 14.0. The number of carbonyl (C=O) groups is 2. The van der Waals surface area contributed by atoms with Crippen LogP contribution in [-0.4, -0.2) is 51.6 Å². The van der Waals surface area contributed by atoms with Crippen LogP contribution in [0.4, 0.5) is 5.69 Å². The van der Waals surface area contributed by atoms with Crippen LogP contribution in [0.1, 0.15) is 13.8 Å². The number of ether oxygens (including phenoxy) is 3. The summed E-state index contributed by atoms with van der Waals surface area (Å²) < 4.78 is 16.6. The molecule has 0 aromatic heterocycles. The van der Waals surface area contributed by atoms with E-state index >= 15 is 0 Å². The highest BCUT2D eigenvalue weighted by Crippen LogP contribution is 2.46. The van der Waals surface area contributed by atoms with E-state index in [2.05, 4.69) is 0 Å². The number of nitro benzene ring substituents is 1. The van der Waals surface area contributed by atoms with E-state index in [1.807, 2.05) is 0 Å². The number of esters is 2. The molecule has 1 aromatic rings. The van der Waals surface area contributed by atoms with Crippen LogP contribution >= 0.6 is 23.5 Å². The average molecular weight is 399 g/mol. The molecule has 2 heterocycles. The van der Waals surface area contributed by atoms with E-state index in [4.69, 9.17) is 14.2 Å². The molecule has 2 fully saturated rings. The van der Waals surface area contributed by atoms with Crippen LogP contribution in [0.25, 0.3) is 0 Å². The zero-order valence-corrected chi connectivity index (χ0v) is 15.7. The SMILES string of the molecule is CC(=O)O[C@@H]1[C@@H]2O[C@@H](CS[C@H]2Sc2ccc([N+](=O)[O-])cc2)[C@H]1OC(C)=O. The molecule has 8 nitrogen and oxygen atoms in total. The third-order valence-corrected chi connectivity index (χ3v) is 6.80. The van der Waals surface area contributed by atoms with Gasteiger partial charge in [-0.15, -0.1) is 23.5 Å². The van der Waals surface area contributed by atoms with Crippen LogP contribution in [0.15, 0.2) is 29.2 Å². The molecule has 0 N–H and O–H groups in total. The van der Waals surface area contributed by atoms with E-state index in [1.54, 1.807) is 23.9 Å². The summed E-state index contributed by atoms with van der Waals surface area (Å²) in [6.07, 6.45) is -2.07. The van der Waals surface area contributed by atoms with E-state index in [-0.39, 0.29) is 16.4 Å². The number of non-ortho nitro benzene ring substituents is 1. The van der Waals surface area contributed by atoms with Gasteiger partial charge in [0, 0.05) is 36.6 Å². The van der Waals surface area contributed by atoms with Gasteiger partial charge in [-0.2, -0.15) is 0 Å². The van der Waals surface area contributed by atoms with Gasteiger partial charge in [-0.1, -0.05) is 0 Å². The molecule has 2 saturated heterocycles. The first kappa shape index (κ1) is 19.0. The Hall–Kier alpha value is -1.78. The van der Waals surface area contributed by atoms with E-state index in [0.717, 1.165) is 4.90 Å². The molecule has 5 atom stereocenters. The fourth-order valence-corrected chi connectivity index (χ4v) is 5.75. The summed E-state index contributed by atoms with van der Waals surface area (Å²) in [6, 6.07) is 6.24. The Bertz CT molecular complexity index is 711. The maximum absolute atomic E-state index is 11.5. The molecule has 0 amide bonds. The number of hydrogen-bond acceptors (Lipinski definition) is 9. The first-order valence-electron chi connectivity index (χ1n) is 7.88. The van der Waals surface area contributed by atoms with E-state index in [9.17, 15) is 19.7 Å². The molecule has 0 saturated carbocycles. The van der Waals surface area contributed by atoms with Crippen LogP contribution in [-0.2, 0) is 23.8 Å². The second-order valence-electron chi connectivity index (χ2n) is 5.86. The summed E-state index contributed by atoms with van der Waals surface area (Å²) in [7, 11) is 0. The molecule has 2 aliphatic heterocycles. The number of rotatable bonds is 5. The highest BCUT2D eigenvalue weighted by Gasteiger charge is 2.55. The van der Waals surface area contributed by atoms with Crippen molar-refractivity contribution in [2.24, 2.45) is 0 Å². The average Bonchev–Trinajstić information content (AvgIpc) is 2.83.